The zero-order valence-corrected chi connectivity index (χ0v) is 14.7. The maximum absolute atomic E-state index is 12.1. The van der Waals surface area contributed by atoms with Crippen LogP contribution in [0.5, 0.6) is 11.5 Å². The van der Waals surface area contributed by atoms with Gasteiger partial charge in [-0.25, -0.2) is 0 Å². The Bertz CT molecular complexity index is 781. The number of piperazine rings is 1. The van der Waals surface area contributed by atoms with Crippen LogP contribution in [0.2, 0.25) is 0 Å². The second-order valence-electron chi connectivity index (χ2n) is 6.22. The topological polar surface area (TPSA) is 70.1 Å². The van der Waals surface area contributed by atoms with Crippen molar-refractivity contribution in [3.63, 3.8) is 0 Å². The molecule has 1 fully saturated rings. The van der Waals surface area contributed by atoms with Crippen LogP contribution in [0.4, 0.5) is 5.69 Å². The molecular formula is C20H22N2O4. The number of carbonyl (C=O) groups excluding carboxylic acids is 2. The molecule has 1 amide bonds. The first kappa shape index (κ1) is 17.8. The van der Waals surface area contributed by atoms with Crippen LogP contribution in [0.1, 0.15) is 17.3 Å². The van der Waals surface area contributed by atoms with E-state index in [-0.39, 0.29) is 29.6 Å². The van der Waals surface area contributed by atoms with Gasteiger partial charge in [-0.1, -0.05) is 12.1 Å². The van der Waals surface area contributed by atoms with Crippen molar-refractivity contribution in [1.29, 1.82) is 0 Å². The summed E-state index contributed by atoms with van der Waals surface area (Å²) in [5, 5.41) is 9.71. The van der Waals surface area contributed by atoms with E-state index in [1.807, 2.05) is 29.2 Å². The molecule has 0 spiro atoms. The Balaban J connectivity index is 1.54. The molecular weight excluding hydrogens is 332 g/mol. The number of amides is 1. The summed E-state index contributed by atoms with van der Waals surface area (Å²) in [6.07, 6.45) is 0. The number of anilines is 1. The molecule has 26 heavy (non-hydrogen) atoms. The number of phenolic OH excluding ortho intramolecular Hbond substituents is 1. The summed E-state index contributed by atoms with van der Waals surface area (Å²) >= 11 is 0. The second kappa shape index (κ2) is 7.91. The van der Waals surface area contributed by atoms with Gasteiger partial charge in [-0.15, -0.1) is 0 Å². The Morgan fingerprint density at radius 1 is 1.00 bits per heavy atom. The SMILES string of the molecule is CC(=O)N1CCN(c2ccc(OCC(=O)c3ccccc3O)cc2)CC1. The molecule has 1 aliphatic heterocycles. The van der Waals surface area contributed by atoms with Gasteiger partial charge in [-0.2, -0.15) is 0 Å². The first-order valence-electron chi connectivity index (χ1n) is 8.59. The van der Waals surface area contributed by atoms with E-state index in [2.05, 4.69) is 4.90 Å². The van der Waals surface area contributed by atoms with Crippen LogP contribution >= 0.6 is 0 Å². The molecule has 0 atom stereocenters. The van der Waals surface area contributed by atoms with Gasteiger partial charge < -0.3 is 19.6 Å². The van der Waals surface area contributed by atoms with Crippen molar-refractivity contribution in [2.75, 3.05) is 37.7 Å². The number of Topliss-reactive ketones (excluding diaryl/α,β-unsaturated/α-hetero) is 1. The fourth-order valence-corrected chi connectivity index (χ4v) is 2.97. The van der Waals surface area contributed by atoms with E-state index in [1.54, 1.807) is 25.1 Å². The van der Waals surface area contributed by atoms with Gasteiger partial charge in [0.1, 0.15) is 11.5 Å². The molecule has 1 saturated heterocycles. The zero-order valence-electron chi connectivity index (χ0n) is 14.7. The van der Waals surface area contributed by atoms with Gasteiger partial charge in [0.2, 0.25) is 11.7 Å². The third kappa shape index (κ3) is 4.14. The molecule has 136 valence electrons. The van der Waals surface area contributed by atoms with Crippen molar-refractivity contribution in [2.45, 2.75) is 6.92 Å². The van der Waals surface area contributed by atoms with E-state index in [0.29, 0.717) is 5.75 Å². The Morgan fingerprint density at radius 2 is 1.65 bits per heavy atom. The van der Waals surface area contributed by atoms with Crippen LogP contribution in [0.3, 0.4) is 0 Å². The molecule has 0 aromatic heterocycles. The molecule has 1 aliphatic rings. The lowest BCUT2D eigenvalue weighted by Crippen LogP contribution is -2.48. The highest BCUT2D eigenvalue weighted by atomic mass is 16.5. The number of para-hydroxylation sites is 1. The molecule has 2 aromatic rings. The third-order valence-corrected chi connectivity index (χ3v) is 4.50. The fraction of sp³-hybridized carbons (Fsp3) is 0.300. The summed E-state index contributed by atoms with van der Waals surface area (Å²) in [6.45, 7) is 4.51. The number of hydrogen-bond acceptors (Lipinski definition) is 5. The Morgan fingerprint density at radius 3 is 2.27 bits per heavy atom. The number of benzene rings is 2. The van der Waals surface area contributed by atoms with Gasteiger partial charge in [0.25, 0.3) is 0 Å². The summed E-state index contributed by atoms with van der Waals surface area (Å²) < 4.78 is 5.54. The molecule has 6 nitrogen and oxygen atoms in total. The van der Waals surface area contributed by atoms with Gasteiger partial charge in [-0.05, 0) is 36.4 Å². The van der Waals surface area contributed by atoms with E-state index in [9.17, 15) is 14.7 Å². The summed E-state index contributed by atoms with van der Waals surface area (Å²) in [6, 6.07) is 14.0. The standard InChI is InChI=1S/C20H22N2O4/c1-15(23)21-10-12-22(13-11-21)16-6-8-17(9-7-16)26-14-20(25)18-4-2-3-5-19(18)24/h2-9,24H,10-14H2,1H3. The fourth-order valence-electron chi connectivity index (χ4n) is 2.97. The van der Waals surface area contributed by atoms with Crippen LogP contribution in [-0.4, -0.2) is 54.5 Å². The lowest BCUT2D eigenvalue weighted by Gasteiger charge is -2.35. The molecule has 1 N–H and O–H groups in total. The summed E-state index contributed by atoms with van der Waals surface area (Å²) in [5.74, 6) is 0.399. The van der Waals surface area contributed by atoms with E-state index in [1.165, 1.54) is 6.07 Å². The normalized spacial score (nSPS) is 14.2. The minimum atomic E-state index is -0.271. The van der Waals surface area contributed by atoms with Gasteiger partial charge in [0, 0.05) is 38.8 Å². The van der Waals surface area contributed by atoms with Crippen LogP contribution in [0, 0.1) is 0 Å². The number of nitrogens with zero attached hydrogens (tertiary/aromatic N) is 2. The first-order chi connectivity index (χ1) is 12.5. The Kier molecular flexibility index (Phi) is 5.41. The highest BCUT2D eigenvalue weighted by Gasteiger charge is 2.18. The average molecular weight is 354 g/mol. The smallest absolute Gasteiger partial charge is 0.219 e. The van der Waals surface area contributed by atoms with Crippen molar-refractivity contribution in [2.24, 2.45) is 0 Å². The number of carbonyl (C=O) groups is 2. The molecule has 0 saturated carbocycles. The van der Waals surface area contributed by atoms with Gasteiger partial charge in [0.15, 0.2) is 6.61 Å². The Hall–Kier alpha value is -3.02. The quantitative estimate of drug-likeness (QED) is 0.835. The van der Waals surface area contributed by atoms with Crippen molar-refractivity contribution in [1.82, 2.24) is 4.90 Å². The molecule has 6 heteroatoms. The number of hydrogen-bond donors (Lipinski definition) is 1. The lowest BCUT2D eigenvalue weighted by molar-refractivity contribution is -0.129. The predicted octanol–water partition coefficient (Wildman–Crippen LogP) is 2.32. The largest absolute Gasteiger partial charge is 0.507 e. The van der Waals surface area contributed by atoms with Crippen molar-refractivity contribution in [3.05, 3.63) is 54.1 Å². The van der Waals surface area contributed by atoms with E-state index < -0.39 is 0 Å². The van der Waals surface area contributed by atoms with Crippen molar-refractivity contribution < 1.29 is 19.4 Å². The number of aromatic hydroxyl groups is 1. The maximum atomic E-state index is 12.1. The lowest BCUT2D eigenvalue weighted by atomic mass is 10.1. The second-order valence-corrected chi connectivity index (χ2v) is 6.22. The monoisotopic (exact) mass is 354 g/mol. The summed E-state index contributed by atoms with van der Waals surface area (Å²) in [7, 11) is 0. The average Bonchev–Trinajstić information content (AvgIpc) is 2.67. The molecule has 0 aliphatic carbocycles. The van der Waals surface area contributed by atoms with E-state index in [4.69, 9.17) is 4.74 Å². The van der Waals surface area contributed by atoms with Crippen molar-refractivity contribution >= 4 is 17.4 Å². The minimum absolute atomic E-state index is 0.0406. The summed E-state index contributed by atoms with van der Waals surface area (Å²) in [4.78, 5) is 27.6. The number of rotatable bonds is 5. The maximum Gasteiger partial charge on any atom is 0.219 e. The van der Waals surface area contributed by atoms with Gasteiger partial charge >= 0.3 is 0 Å². The first-order valence-corrected chi connectivity index (χ1v) is 8.59. The van der Waals surface area contributed by atoms with Gasteiger partial charge in [-0.3, -0.25) is 9.59 Å². The Labute approximate surface area is 152 Å². The molecule has 3 rings (SSSR count). The minimum Gasteiger partial charge on any atom is -0.507 e. The molecule has 1 heterocycles. The number of ketones is 1. The van der Waals surface area contributed by atoms with Crippen LogP contribution in [0.15, 0.2) is 48.5 Å². The summed E-state index contributed by atoms with van der Waals surface area (Å²) in [5.41, 5.74) is 1.32. The highest BCUT2D eigenvalue weighted by Crippen LogP contribution is 2.22. The highest BCUT2D eigenvalue weighted by molar-refractivity contribution is 5.99. The number of phenols is 1. The van der Waals surface area contributed by atoms with Crippen molar-refractivity contribution in [3.8, 4) is 11.5 Å². The molecule has 0 bridgehead atoms. The van der Waals surface area contributed by atoms with E-state index >= 15 is 0 Å². The van der Waals surface area contributed by atoms with Crippen LogP contribution in [-0.2, 0) is 4.79 Å². The molecule has 2 aromatic carbocycles. The zero-order chi connectivity index (χ0) is 18.5. The van der Waals surface area contributed by atoms with E-state index in [0.717, 1.165) is 31.9 Å². The van der Waals surface area contributed by atoms with Crippen LogP contribution < -0.4 is 9.64 Å². The predicted molar refractivity (Wildman–Crippen MR) is 98.8 cm³/mol. The molecule has 0 radical (unpaired) electrons. The third-order valence-electron chi connectivity index (χ3n) is 4.50. The number of ether oxygens (including phenoxy) is 1. The van der Waals surface area contributed by atoms with Gasteiger partial charge in [0.05, 0.1) is 5.56 Å². The molecule has 0 unspecified atom stereocenters. The van der Waals surface area contributed by atoms with Crippen LogP contribution in [0.25, 0.3) is 0 Å².